The second-order valence-electron chi connectivity index (χ2n) is 7.83. The minimum absolute atomic E-state index is 0.233. The summed E-state index contributed by atoms with van der Waals surface area (Å²) in [7, 11) is 0. The van der Waals surface area contributed by atoms with Gasteiger partial charge in [0, 0.05) is 21.5 Å². The molecular weight excluding hydrogens is 444 g/mol. The minimum atomic E-state index is -1.53. The third-order valence-corrected chi connectivity index (χ3v) is 6.05. The molecule has 0 saturated carbocycles. The van der Waals surface area contributed by atoms with Gasteiger partial charge in [-0.15, -0.1) is 0 Å². The zero-order valence-corrected chi connectivity index (χ0v) is 18.1. The van der Waals surface area contributed by atoms with E-state index in [1.165, 1.54) is 6.92 Å². The largest absolute Gasteiger partial charge is 0.456 e. The second kappa shape index (κ2) is 7.45. The van der Waals surface area contributed by atoms with Crippen LogP contribution in [0.2, 0.25) is 5.02 Å². The van der Waals surface area contributed by atoms with Gasteiger partial charge < -0.3 is 4.74 Å². The molecule has 1 fully saturated rings. The molecular formula is C22H20BrClO4. The maximum absolute atomic E-state index is 13.4. The van der Waals surface area contributed by atoms with Crippen LogP contribution in [-0.2, 0) is 14.3 Å². The number of cyclic esters (lactones) is 1. The average molecular weight is 464 g/mol. The van der Waals surface area contributed by atoms with Crippen LogP contribution >= 0.6 is 27.5 Å². The van der Waals surface area contributed by atoms with Crippen molar-refractivity contribution >= 4 is 45.1 Å². The Morgan fingerprint density at radius 3 is 2.18 bits per heavy atom. The van der Waals surface area contributed by atoms with Crippen LogP contribution in [0.5, 0.6) is 0 Å². The van der Waals surface area contributed by atoms with Crippen LogP contribution in [0, 0.1) is 10.8 Å². The SMILES string of the molecule is CC1(C)C(=O)[C@@](C)(CC(=O)c2ccc(Br)cc2)C(=O)O[C@@H]1c1ccc(Cl)cc1. The Labute approximate surface area is 177 Å². The Balaban J connectivity index is 1.90. The number of esters is 1. The Hall–Kier alpha value is -1.98. The molecule has 2 aromatic carbocycles. The number of Topliss-reactive ketones (excluding diaryl/α,β-unsaturated/α-hetero) is 2. The van der Waals surface area contributed by atoms with Gasteiger partial charge >= 0.3 is 5.97 Å². The lowest BCUT2D eigenvalue weighted by Gasteiger charge is -2.44. The molecule has 0 bridgehead atoms. The highest BCUT2D eigenvalue weighted by atomic mass is 79.9. The van der Waals surface area contributed by atoms with Crippen molar-refractivity contribution in [1.29, 1.82) is 0 Å². The Morgan fingerprint density at radius 2 is 1.61 bits per heavy atom. The second-order valence-corrected chi connectivity index (χ2v) is 9.18. The van der Waals surface area contributed by atoms with Crippen LogP contribution < -0.4 is 0 Å². The van der Waals surface area contributed by atoms with E-state index in [-0.39, 0.29) is 18.0 Å². The third-order valence-electron chi connectivity index (χ3n) is 5.27. The summed E-state index contributed by atoms with van der Waals surface area (Å²) in [5, 5.41) is 0.556. The molecule has 0 radical (unpaired) electrons. The van der Waals surface area contributed by atoms with E-state index in [0.717, 1.165) is 4.47 Å². The van der Waals surface area contributed by atoms with Gasteiger partial charge in [-0.25, -0.2) is 0 Å². The monoisotopic (exact) mass is 462 g/mol. The lowest BCUT2D eigenvalue weighted by molar-refractivity contribution is -0.187. The number of carbonyl (C=O) groups is 3. The molecule has 2 atom stereocenters. The molecule has 0 amide bonds. The Kier molecular flexibility index (Phi) is 5.52. The highest BCUT2D eigenvalue weighted by Gasteiger charge is 2.58. The summed E-state index contributed by atoms with van der Waals surface area (Å²) in [5.41, 5.74) is -1.38. The van der Waals surface area contributed by atoms with Gasteiger partial charge in [0.1, 0.15) is 11.5 Å². The van der Waals surface area contributed by atoms with Gasteiger partial charge in [0.05, 0.1) is 5.41 Å². The van der Waals surface area contributed by atoms with Crippen molar-refractivity contribution in [2.45, 2.75) is 33.3 Å². The van der Waals surface area contributed by atoms with Gasteiger partial charge in [-0.1, -0.05) is 51.8 Å². The van der Waals surface area contributed by atoms with E-state index in [1.807, 2.05) is 0 Å². The van der Waals surface area contributed by atoms with E-state index < -0.39 is 22.9 Å². The van der Waals surface area contributed by atoms with Crippen LogP contribution in [0.4, 0.5) is 0 Å². The first-order valence-corrected chi connectivity index (χ1v) is 10.0. The van der Waals surface area contributed by atoms with E-state index in [0.29, 0.717) is 16.1 Å². The van der Waals surface area contributed by atoms with E-state index >= 15 is 0 Å². The van der Waals surface area contributed by atoms with Gasteiger partial charge in [-0.05, 0) is 50.6 Å². The first kappa shape index (κ1) is 20.7. The average Bonchev–Trinajstić information content (AvgIpc) is 2.65. The maximum atomic E-state index is 13.4. The Morgan fingerprint density at radius 1 is 1.04 bits per heavy atom. The highest BCUT2D eigenvalue weighted by Crippen LogP contribution is 2.49. The van der Waals surface area contributed by atoms with Crippen molar-refractivity contribution < 1.29 is 19.1 Å². The fourth-order valence-corrected chi connectivity index (χ4v) is 4.03. The smallest absolute Gasteiger partial charge is 0.320 e. The highest BCUT2D eigenvalue weighted by molar-refractivity contribution is 9.10. The fourth-order valence-electron chi connectivity index (χ4n) is 3.64. The van der Waals surface area contributed by atoms with Gasteiger partial charge in [-0.3, -0.25) is 14.4 Å². The number of ketones is 2. The number of carbonyl (C=O) groups excluding carboxylic acids is 3. The summed E-state index contributed by atoms with van der Waals surface area (Å²) in [6.07, 6.45) is -0.969. The molecule has 0 unspecified atom stereocenters. The zero-order chi connectivity index (χ0) is 20.7. The van der Waals surface area contributed by atoms with Gasteiger partial charge in [0.2, 0.25) is 0 Å². The predicted molar refractivity (Wildman–Crippen MR) is 110 cm³/mol. The molecule has 1 aliphatic rings. The first-order chi connectivity index (χ1) is 13.1. The van der Waals surface area contributed by atoms with E-state index in [9.17, 15) is 14.4 Å². The van der Waals surface area contributed by atoms with Crippen molar-refractivity contribution in [3.05, 3.63) is 69.2 Å². The summed E-state index contributed by atoms with van der Waals surface area (Å²) in [5.74, 6) is -1.26. The lowest BCUT2D eigenvalue weighted by atomic mass is 9.64. The molecule has 0 spiro atoms. The van der Waals surface area contributed by atoms with Gasteiger partial charge in [0.25, 0.3) is 0 Å². The van der Waals surface area contributed by atoms with Crippen molar-refractivity contribution in [1.82, 2.24) is 0 Å². The van der Waals surface area contributed by atoms with Crippen molar-refractivity contribution in [3.8, 4) is 0 Å². The maximum Gasteiger partial charge on any atom is 0.320 e. The summed E-state index contributed by atoms with van der Waals surface area (Å²) in [6, 6.07) is 13.7. The number of halogens is 2. The predicted octanol–water partition coefficient (Wildman–Crippen LogP) is 5.58. The summed E-state index contributed by atoms with van der Waals surface area (Å²) < 4.78 is 6.55. The molecule has 1 heterocycles. The third kappa shape index (κ3) is 3.65. The molecule has 6 heteroatoms. The molecule has 0 aromatic heterocycles. The summed E-state index contributed by atoms with van der Waals surface area (Å²) in [4.78, 5) is 39.0. The van der Waals surface area contributed by atoms with Crippen LogP contribution in [-0.4, -0.2) is 17.5 Å². The molecule has 1 aliphatic heterocycles. The quantitative estimate of drug-likeness (QED) is 0.338. The number of rotatable bonds is 4. The minimum Gasteiger partial charge on any atom is -0.456 e. The fraction of sp³-hybridized carbons (Fsp3) is 0.318. The van der Waals surface area contributed by atoms with Crippen LogP contribution in [0.15, 0.2) is 53.0 Å². The Bertz CT molecular complexity index is 934. The number of hydrogen-bond acceptors (Lipinski definition) is 4. The normalized spacial score (nSPS) is 24.0. The molecule has 2 aromatic rings. The first-order valence-electron chi connectivity index (χ1n) is 8.86. The van der Waals surface area contributed by atoms with Crippen molar-refractivity contribution in [2.75, 3.05) is 0 Å². The van der Waals surface area contributed by atoms with Crippen LogP contribution in [0.3, 0.4) is 0 Å². The number of hydrogen-bond donors (Lipinski definition) is 0. The van der Waals surface area contributed by atoms with Crippen molar-refractivity contribution in [3.63, 3.8) is 0 Å². The number of ether oxygens (including phenoxy) is 1. The molecule has 146 valence electrons. The standard InChI is InChI=1S/C22H20BrClO4/c1-21(2)18(14-6-10-16(24)11-7-14)28-20(27)22(3,19(21)26)12-17(25)13-4-8-15(23)9-5-13/h4-11,18H,12H2,1-3H3/t18-,22-/m1/s1. The van der Waals surface area contributed by atoms with Gasteiger partial charge in [0.15, 0.2) is 11.6 Å². The van der Waals surface area contributed by atoms with Gasteiger partial charge in [-0.2, -0.15) is 0 Å². The molecule has 4 nitrogen and oxygen atoms in total. The van der Waals surface area contributed by atoms with E-state index in [1.54, 1.807) is 62.4 Å². The molecule has 28 heavy (non-hydrogen) atoms. The molecule has 0 N–H and O–H groups in total. The summed E-state index contributed by atoms with van der Waals surface area (Å²) >= 11 is 9.26. The zero-order valence-electron chi connectivity index (χ0n) is 15.8. The van der Waals surface area contributed by atoms with E-state index in [2.05, 4.69) is 15.9 Å². The summed E-state index contributed by atoms with van der Waals surface area (Å²) in [6.45, 7) is 4.97. The molecule has 3 rings (SSSR count). The molecule has 0 aliphatic carbocycles. The topological polar surface area (TPSA) is 60.4 Å². The number of benzene rings is 2. The van der Waals surface area contributed by atoms with Crippen LogP contribution in [0.25, 0.3) is 0 Å². The van der Waals surface area contributed by atoms with E-state index in [4.69, 9.17) is 16.3 Å². The van der Waals surface area contributed by atoms with Crippen molar-refractivity contribution in [2.24, 2.45) is 10.8 Å². The lowest BCUT2D eigenvalue weighted by Crippen LogP contribution is -2.54. The molecule has 1 saturated heterocycles. The van der Waals surface area contributed by atoms with Crippen LogP contribution in [0.1, 0.15) is 49.2 Å².